The van der Waals surface area contributed by atoms with Crippen LogP contribution in [0, 0.1) is 18.6 Å². The van der Waals surface area contributed by atoms with Gasteiger partial charge in [-0.2, -0.15) is 0 Å². The third kappa shape index (κ3) is 4.80. The Balaban J connectivity index is 0.00000156. The van der Waals surface area contributed by atoms with Gasteiger partial charge in [0.25, 0.3) is 11.8 Å². The second-order valence-corrected chi connectivity index (χ2v) is 9.26. The highest BCUT2D eigenvalue weighted by Gasteiger charge is 2.38. The minimum atomic E-state index is -0.514. The summed E-state index contributed by atoms with van der Waals surface area (Å²) >= 11 is 6.19. The molecule has 3 aromatic rings. The van der Waals surface area contributed by atoms with Crippen LogP contribution in [0.5, 0.6) is 5.75 Å². The highest BCUT2D eigenvalue weighted by atomic mass is 35.5. The molecule has 2 amide bonds. The van der Waals surface area contributed by atoms with Gasteiger partial charge < -0.3 is 9.64 Å². The zero-order chi connectivity index (χ0) is 26.9. The fourth-order valence-electron chi connectivity index (χ4n) is 4.93. The summed E-state index contributed by atoms with van der Waals surface area (Å²) < 4.78 is 35.4. The molecule has 0 N–H and O–H groups in total. The SMILES string of the molecule is CC.COc1cc(C2CCN(c3cc(Cl)c(C)cc3F)CC2)c(F)cc1N1C(=O)c2ccccc2C1=O. The average molecular weight is 527 g/mol. The number of rotatable bonds is 4. The number of halogens is 3. The molecule has 0 radical (unpaired) electrons. The molecule has 3 aromatic carbocycles. The Hall–Kier alpha value is -3.45. The van der Waals surface area contributed by atoms with Crippen molar-refractivity contribution in [1.29, 1.82) is 0 Å². The van der Waals surface area contributed by atoms with Crippen LogP contribution in [0.1, 0.15) is 64.4 Å². The standard InChI is InChI=1S/C27H23ClF2N2O3.C2H6/c1-15-11-22(30)23(13-20(15)28)31-9-7-16(8-10-31)19-12-25(35-2)24(14-21(19)29)32-26(33)17-5-3-4-6-18(17)27(32)34;1-2/h3-6,11-14,16H,7-10H2,1-2H3;1-2H3. The van der Waals surface area contributed by atoms with E-state index in [1.807, 2.05) is 18.7 Å². The summed E-state index contributed by atoms with van der Waals surface area (Å²) in [4.78, 5) is 28.7. The molecule has 5 rings (SSSR count). The summed E-state index contributed by atoms with van der Waals surface area (Å²) in [6.45, 7) is 6.81. The van der Waals surface area contributed by atoms with Crippen molar-refractivity contribution in [3.8, 4) is 5.75 Å². The molecule has 2 aliphatic heterocycles. The van der Waals surface area contributed by atoms with E-state index in [9.17, 15) is 14.0 Å². The van der Waals surface area contributed by atoms with E-state index in [4.69, 9.17) is 16.3 Å². The topological polar surface area (TPSA) is 49.9 Å². The predicted molar refractivity (Wildman–Crippen MR) is 142 cm³/mol. The van der Waals surface area contributed by atoms with Gasteiger partial charge in [-0.15, -0.1) is 0 Å². The number of hydrogen-bond donors (Lipinski definition) is 0. The number of amides is 2. The van der Waals surface area contributed by atoms with Gasteiger partial charge >= 0.3 is 0 Å². The van der Waals surface area contributed by atoms with Gasteiger partial charge in [-0.3, -0.25) is 9.59 Å². The summed E-state index contributed by atoms with van der Waals surface area (Å²) in [5.74, 6) is -1.75. The van der Waals surface area contributed by atoms with E-state index in [2.05, 4.69) is 0 Å². The molecular weight excluding hydrogens is 498 g/mol. The molecule has 0 unspecified atom stereocenters. The molecule has 0 aliphatic carbocycles. The van der Waals surface area contributed by atoms with Crippen LogP contribution < -0.4 is 14.5 Å². The van der Waals surface area contributed by atoms with Gasteiger partial charge in [0, 0.05) is 24.2 Å². The monoisotopic (exact) mass is 526 g/mol. The fourth-order valence-corrected chi connectivity index (χ4v) is 5.09. The van der Waals surface area contributed by atoms with Crippen LogP contribution in [0.2, 0.25) is 5.02 Å². The van der Waals surface area contributed by atoms with Crippen molar-refractivity contribution in [2.45, 2.75) is 39.5 Å². The molecule has 0 spiro atoms. The molecule has 1 saturated heterocycles. The lowest BCUT2D eigenvalue weighted by Crippen LogP contribution is -2.34. The minimum Gasteiger partial charge on any atom is -0.495 e. The van der Waals surface area contributed by atoms with Crippen LogP contribution in [-0.2, 0) is 0 Å². The normalized spacial score (nSPS) is 15.4. The fraction of sp³-hybridized carbons (Fsp3) is 0.310. The number of anilines is 2. The first-order valence-corrected chi connectivity index (χ1v) is 12.7. The molecule has 1 fully saturated rings. The number of aryl methyl sites for hydroxylation is 1. The van der Waals surface area contributed by atoms with Gasteiger partial charge in [0.15, 0.2) is 0 Å². The third-order valence-corrected chi connectivity index (χ3v) is 7.24. The highest BCUT2D eigenvalue weighted by molar-refractivity contribution is 6.34. The van der Waals surface area contributed by atoms with E-state index in [1.54, 1.807) is 43.3 Å². The van der Waals surface area contributed by atoms with E-state index in [-0.39, 0.29) is 34.3 Å². The van der Waals surface area contributed by atoms with Crippen LogP contribution in [0.15, 0.2) is 48.5 Å². The number of nitrogens with zero attached hydrogens (tertiary/aromatic N) is 2. The molecule has 8 heteroatoms. The number of methoxy groups -OCH3 is 1. The summed E-state index contributed by atoms with van der Waals surface area (Å²) in [6.07, 6.45) is 1.19. The van der Waals surface area contributed by atoms with Crippen LogP contribution in [0.25, 0.3) is 0 Å². The predicted octanol–water partition coefficient (Wildman–Crippen LogP) is 7.15. The molecule has 37 heavy (non-hydrogen) atoms. The van der Waals surface area contributed by atoms with Crippen LogP contribution in [0.3, 0.4) is 0 Å². The number of benzene rings is 3. The molecular formula is C29H29ClF2N2O3. The number of imide groups is 1. The summed E-state index contributed by atoms with van der Waals surface area (Å²) in [6, 6.07) is 12.3. The Morgan fingerprint density at radius 2 is 1.49 bits per heavy atom. The quantitative estimate of drug-likeness (QED) is 0.339. The van der Waals surface area contributed by atoms with Crippen molar-refractivity contribution in [3.05, 3.63) is 87.4 Å². The summed E-state index contributed by atoms with van der Waals surface area (Å²) in [5.41, 5.74) is 2.20. The lowest BCUT2D eigenvalue weighted by molar-refractivity contribution is 0.0925. The zero-order valence-electron chi connectivity index (χ0n) is 21.3. The van der Waals surface area contributed by atoms with Crippen molar-refractivity contribution < 1.29 is 23.1 Å². The maximum absolute atomic E-state index is 15.4. The first-order valence-electron chi connectivity index (χ1n) is 12.4. The Bertz CT molecular complexity index is 1320. The maximum Gasteiger partial charge on any atom is 0.266 e. The first kappa shape index (κ1) is 26.6. The maximum atomic E-state index is 15.4. The molecule has 0 atom stereocenters. The van der Waals surface area contributed by atoms with Gasteiger partial charge in [0.05, 0.1) is 29.6 Å². The van der Waals surface area contributed by atoms with E-state index < -0.39 is 17.6 Å². The molecule has 2 aliphatic rings. The Morgan fingerprint density at radius 1 is 0.892 bits per heavy atom. The second-order valence-electron chi connectivity index (χ2n) is 8.85. The first-order chi connectivity index (χ1) is 17.8. The number of ether oxygens (including phenoxy) is 1. The van der Waals surface area contributed by atoms with Gasteiger partial charge in [0.2, 0.25) is 0 Å². The van der Waals surface area contributed by atoms with Crippen LogP contribution in [-0.4, -0.2) is 32.0 Å². The third-order valence-electron chi connectivity index (χ3n) is 6.84. The lowest BCUT2D eigenvalue weighted by atomic mass is 9.88. The lowest BCUT2D eigenvalue weighted by Gasteiger charge is -2.34. The van der Waals surface area contributed by atoms with Crippen molar-refractivity contribution >= 4 is 34.8 Å². The van der Waals surface area contributed by atoms with Crippen molar-refractivity contribution in [2.75, 3.05) is 30.0 Å². The average Bonchev–Trinajstić information content (AvgIpc) is 3.17. The van der Waals surface area contributed by atoms with Crippen molar-refractivity contribution in [1.82, 2.24) is 0 Å². The molecule has 2 heterocycles. The number of fused-ring (bicyclic) bond motifs is 1. The largest absolute Gasteiger partial charge is 0.495 e. The number of carbonyl (C=O) groups is 2. The Morgan fingerprint density at radius 3 is 2.05 bits per heavy atom. The molecule has 0 aromatic heterocycles. The van der Waals surface area contributed by atoms with Crippen molar-refractivity contribution in [3.63, 3.8) is 0 Å². The Kier molecular flexibility index (Phi) is 7.83. The van der Waals surface area contributed by atoms with Gasteiger partial charge in [-0.1, -0.05) is 37.6 Å². The van der Waals surface area contributed by atoms with Crippen LogP contribution in [0.4, 0.5) is 20.2 Å². The minimum absolute atomic E-state index is 0.0776. The molecule has 5 nitrogen and oxygen atoms in total. The van der Waals surface area contributed by atoms with E-state index >= 15 is 4.39 Å². The van der Waals surface area contributed by atoms with Gasteiger partial charge in [-0.25, -0.2) is 13.7 Å². The van der Waals surface area contributed by atoms with E-state index in [0.29, 0.717) is 47.8 Å². The Labute approximate surface area is 220 Å². The van der Waals surface area contributed by atoms with E-state index in [0.717, 1.165) is 4.90 Å². The van der Waals surface area contributed by atoms with E-state index in [1.165, 1.54) is 19.2 Å². The zero-order valence-corrected chi connectivity index (χ0v) is 22.0. The molecule has 0 bridgehead atoms. The molecule has 194 valence electrons. The van der Waals surface area contributed by atoms with Gasteiger partial charge in [-0.05, 0) is 67.1 Å². The number of carbonyl (C=O) groups excluding carboxylic acids is 2. The molecule has 0 saturated carbocycles. The second kappa shape index (κ2) is 10.9. The van der Waals surface area contributed by atoms with Crippen molar-refractivity contribution in [2.24, 2.45) is 0 Å². The summed E-state index contributed by atoms with van der Waals surface area (Å²) in [7, 11) is 1.42. The smallest absolute Gasteiger partial charge is 0.266 e. The number of piperidine rings is 1. The van der Waals surface area contributed by atoms with Gasteiger partial charge in [0.1, 0.15) is 17.4 Å². The highest BCUT2D eigenvalue weighted by Crippen LogP contribution is 2.41. The summed E-state index contributed by atoms with van der Waals surface area (Å²) in [5, 5.41) is 0.503. The van der Waals surface area contributed by atoms with Crippen LogP contribution >= 0.6 is 11.6 Å². The number of hydrogen-bond acceptors (Lipinski definition) is 4.